The Morgan fingerprint density at radius 2 is 2.50 bits per heavy atom. The molecule has 0 atom stereocenters. The van der Waals surface area contributed by atoms with E-state index >= 15 is 0 Å². The summed E-state index contributed by atoms with van der Waals surface area (Å²) in [5.74, 6) is 0.788. The van der Waals surface area contributed by atoms with Crippen LogP contribution in [0.15, 0.2) is 22.4 Å². The van der Waals surface area contributed by atoms with Gasteiger partial charge in [0.2, 0.25) is 0 Å². The molecule has 0 saturated carbocycles. The fourth-order valence-corrected chi connectivity index (χ4v) is 1.68. The Morgan fingerprint density at radius 3 is 3.08 bits per heavy atom. The van der Waals surface area contributed by atoms with Gasteiger partial charge in [-0.3, -0.25) is 4.68 Å². The summed E-state index contributed by atoms with van der Waals surface area (Å²) in [6.45, 7) is 0.634. The zero-order valence-corrected chi connectivity index (χ0v) is 8.42. The minimum atomic E-state index is 0.634. The van der Waals surface area contributed by atoms with E-state index < -0.39 is 0 Å². The van der Waals surface area contributed by atoms with Crippen molar-refractivity contribution in [3.63, 3.8) is 0 Å². The molecule has 0 amide bonds. The van der Waals surface area contributed by atoms with Crippen molar-refractivity contribution in [3.8, 4) is 0 Å². The van der Waals surface area contributed by atoms with Gasteiger partial charge in [-0.1, -0.05) is 0 Å². The highest BCUT2D eigenvalue weighted by molar-refractivity contribution is 9.11. The zero-order valence-electron chi connectivity index (χ0n) is 6.01. The molecule has 0 saturated heterocycles. The van der Waals surface area contributed by atoms with E-state index in [-0.39, 0.29) is 0 Å². The fourth-order valence-electron chi connectivity index (χ4n) is 0.836. The molecule has 6 heteroatoms. The van der Waals surface area contributed by atoms with Gasteiger partial charge in [-0.2, -0.15) is 9.47 Å². The Balaban J connectivity index is 2.14. The molecule has 0 unspecified atom stereocenters. The van der Waals surface area contributed by atoms with Crippen LogP contribution in [0, 0.1) is 0 Å². The maximum Gasteiger partial charge on any atom is 0.179 e. The number of halogens is 1. The number of hydrogen-bond acceptors (Lipinski definition) is 4. The van der Waals surface area contributed by atoms with E-state index in [1.54, 1.807) is 10.9 Å². The summed E-state index contributed by atoms with van der Waals surface area (Å²) in [4.78, 5) is 4.15. The second-order valence-corrected chi connectivity index (χ2v) is 4.20. The predicted octanol–water partition coefficient (Wildman–Crippen LogP) is 1.55. The van der Waals surface area contributed by atoms with Crippen LogP contribution in [-0.4, -0.2) is 19.1 Å². The molecule has 12 heavy (non-hydrogen) atoms. The van der Waals surface area contributed by atoms with Gasteiger partial charge in [0.15, 0.2) is 9.74 Å². The first kappa shape index (κ1) is 7.88. The van der Waals surface area contributed by atoms with Crippen LogP contribution in [-0.2, 0) is 6.54 Å². The van der Waals surface area contributed by atoms with Gasteiger partial charge < -0.3 is 0 Å². The maximum absolute atomic E-state index is 4.15. The first-order valence-electron chi connectivity index (χ1n) is 3.30. The highest BCUT2D eigenvalue weighted by atomic mass is 79.9. The predicted molar refractivity (Wildman–Crippen MR) is 48.9 cm³/mol. The average molecular weight is 245 g/mol. The average Bonchev–Trinajstić information content (AvgIpc) is 2.63. The Morgan fingerprint density at radius 1 is 1.58 bits per heavy atom. The van der Waals surface area contributed by atoms with E-state index in [1.807, 2.05) is 12.3 Å². The first-order chi connectivity index (χ1) is 5.84. The lowest BCUT2D eigenvalue weighted by atomic mass is 10.6. The third-order valence-electron chi connectivity index (χ3n) is 1.31. The van der Waals surface area contributed by atoms with Crippen LogP contribution >= 0.6 is 27.5 Å². The van der Waals surface area contributed by atoms with E-state index in [4.69, 9.17) is 0 Å². The van der Waals surface area contributed by atoms with E-state index in [9.17, 15) is 0 Å². The van der Waals surface area contributed by atoms with Gasteiger partial charge in [0.1, 0.15) is 6.54 Å². The molecule has 0 spiro atoms. The third kappa shape index (κ3) is 1.70. The normalized spacial score (nSPS) is 10.4. The third-order valence-corrected chi connectivity index (χ3v) is 2.46. The summed E-state index contributed by atoms with van der Waals surface area (Å²) in [6, 6.07) is 1.88. The van der Waals surface area contributed by atoms with Crippen molar-refractivity contribution >= 4 is 27.5 Å². The van der Waals surface area contributed by atoms with E-state index in [0.717, 1.165) is 9.74 Å². The molecule has 0 N–H and O–H groups in total. The fraction of sp³-hybridized carbons (Fsp3) is 0.167. The van der Waals surface area contributed by atoms with E-state index in [2.05, 4.69) is 30.4 Å². The number of hydrogen-bond donors (Lipinski definition) is 0. The maximum atomic E-state index is 4.15. The lowest BCUT2D eigenvalue weighted by molar-refractivity contribution is 0.662. The molecule has 62 valence electrons. The van der Waals surface area contributed by atoms with Crippen LogP contribution in [0.4, 0.5) is 0 Å². The minimum absolute atomic E-state index is 0.634. The standard InChI is InChI=1S/C6H5BrN4S/c7-6-9-5(10-12-6)4-11-3-1-2-8-11/h1-3H,4H2. The monoisotopic (exact) mass is 244 g/mol. The van der Waals surface area contributed by atoms with Crippen LogP contribution in [0.1, 0.15) is 5.82 Å². The van der Waals surface area contributed by atoms with Gasteiger partial charge in [0, 0.05) is 12.4 Å². The van der Waals surface area contributed by atoms with Crippen LogP contribution < -0.4 is 0 Å². The summed E-state index contributed by atoms with van der Waals surface area (Å²) in [5.41, 5.74) is 0. The lowest BCUT2D eigenvalue weighted by Gasteiger charge is -1.93. The summed E-state index contributed by atoms with van der Waals surface area (Å²) in [6.07, 6.45) is 3.62. The Labute approximate surface area is 81.5 Å². The molecule has 2 rings (SSSR count). The second-order valence-electron chi connectivity index (χ2n) is 2.17. The molecule has 0 aromatic carbocycles. The van der Waals surface area contributed by atoms with Gasteiger partial charge in [-0.05, 0) is 33.5 Å². The molecule has 2 aromatic rings. The van der Waals surface area contributed by atoms with E-state index in [1.165, 1.54) is 11.5 Å². The molecule has 2 heterocycles. The Kier molecular flexibility index (Phi) is 2.18. The summed E-state index contributed by atoms with van der Waals surface area (Å²) >= 11 is 4.59. The topological polar surface area (TPSA) is 43.6 Å². The van der Waals surface area contributed by atoms with Gasteiger partial charge in [0.25, 0.3) is 0 Å². The van der Waals surface area contributed by atoms with Crippen LogP contribution in [0.5, 0.6) is 0 Å². The molecule has 0 aliphatic carbocycles. The van der Waals surface area contributed by atoms with Crippen LogP contribution in [0.2, 0.25) is 0 Å². The van der Waals surface area contributed by atoms with Crippen molar-refractivity contribution in [2.75, 3.05) is 0 Å². The highest BCUT2D eigenvalue weighted by Crippen LogP contribution is 2.11. The molecule has 4 nitrogen and oxygen atoms in total. The van der Waals surface area contributed by atoms with Crippen molar-refractivity contribution in [3.05, 3.63) is 28.2 Å². The smallest absolute Gasteiger partial charge is 0.179 e. The highest BCUT2D eigenvalue weighted by Gasteiger charge is 2.01. The van der Waals surface area contributed by atoms with Crippen molar-refractivity contribution in [2.45, 2.75) is 6.54 Å². The number of aromatic nitrogens is 4. The summed E-state index contributed by atoms with van der Waals surface area (Å²) in [7, 11) is 0. The molecule has 0 bridgehead atoms. The SMILES string of the molecule is Brc1nc(Cn2cccn2)ns1. The molecular weight excluding hydrogens is 240 g/mol. The number of nitrogens with zero attached hydrogens (tertiary/aromatic N) is 4. The van der Waals surface area contributed by atoms with Crippen LogP contribution in [0.25, 0.3) is 0 Å². The van der Waals surface area contributed by atoms with Gasteiger partial charge in [0.05, 0.1) is 0 Å². The largest absolute Gasteiger partial charge is 0.265 e. The summed E-state index contributed by atoms with van der Waals surface area (Å²) in [5, 5.41) is 4.05. The molecular formula is C6H5BrN4S. The quantitative estimate of drug-likeness (QED) is 0.806. The molecule has 0 aliphatic rings. The second kappa shape index (κ2) is 3.32. The minimum Gasteiger partial charge on any atom is -0.265 e. The van der Waals surface area contributed by atoms with Crippen molar-refractivity contribution in [1.29, 1.82) is 0 Å². The van der Waals surface area contributed by atoms with Crippen LogP contribution in [0.3, 0.4) is 0 Å². The van der Waals surface area contributed by atoms with Gasteiger partial charge >= 0.3 is 0 Å². The number of rotatable bonds is 2. The summed E-state index contributed by atoms with van der Waals surface area (Å²) < 4.78 is 6.71. The Bertz CT molecular complexity index is 355. The molecule has 2 aromatic heterocycles. The van der Waals surface area contributed by atoms with Gasteiger partial charge in [-0.15, -0.1) is 0 Å². The van der Waals surface area contributed by atoms with Crippen molar-refractivity contribution in [2.24, 2.45) is 0 Å². The molecule has 0 aliphatic heterocycles. The Hall–Kier alpha value is -0.750. The van der Waals surface area contributed by atoms with Crippen molar-refractivity contribution in [1.82, 2.24) is 19.1 Å². The van der Waals surface area contributed by atoms with Gasteiger partial charge in [-0.25, -0.2) is 4.98 Å². The molecule has 0 fully saturated rings. The zero-order chi connectivity index (χ0) is 8.39. The first-order valence-corrected chi connectivity index (χ1v) is 4.87. The van der Waals surface area contributed by atoms with E-state index in [0.29, 0.717) is 6.54 Å². The lowest BCUT2D eigenvalue weighted by Crippen LogP contribution is -2.01. The van der Waals surface area contributed by atoms with Crippen molar-refractivity contribution < 1.29 is 0 Å². The molecule has 0 radical (unpaired) electrons.